The minimum atomic E-state index is -0.932. The number of aryl methyl sites for hydroxylation is 2. The van der Waals surface area contributed by atoms with Crippen molar-refractivity contribution in [1.29, 1.82) is 0 Å². The predicted molar refractivity (Wildman–Crippen MR) is 143 cm³/mol. The summed E-state index contributed by atoms with van der Waals surface area (Å²) in [6.45, 7) is 4.48. The molecule has 0 fully saturated rings. The molecule has 3 aromatic carbocycles. The summed E-state index contributed by atoms with van der Waals surface area (Å²) in [6, 6.07) is 19.6. The second-order valence-corrected chi connectivity index (χ2v) is 9.00. The highest BCUT2D eigenvalue weighted by Gasteiger charge is 2.12. The fraction of sp³-hybridized carbons (Fsp3) is 0.367. The van der Waals surface area contributed by atoms with Gasteiger partial charge in [-0.05, 0) is 97.5 Å². The van der Waals surface area contributed by atoms with Gasteiger partial charge in [-0.15, -0.1) is 0 Å². The van der Waals surface area contributed by atoms with Crippen LogP contribution in [0.1, 0.15) is 78.6 Å². The number of aromatic carboxylic acids is 1. The van der Waals surface area contributed by atoms with Crippen LogP contribution in [-0.2, 0) is 25.7 Å². The van der Waals surface area contributed by atoms with E-state index in [-0.39, 0.29) is 5.56 Å². The van der Waals surface area contributed by atoms with Crippen molar-refractivity contribution in [2.24, 2.45) is 0 Å². The lowest BCUT2D eigenvalue weighted by Crippen LogP contribution is -2.06. The lowest BCUT2D eigenvalue weighted by molar-refractivity contribution is 0.0698. The maximum atomic E-state index is 11.4. The molecule has 0 amide bonds. The molecule has 3 aromatic rings. The Morgan fingerprint density at radius 1 is 0.794 bits per heavy atom. The van der Waals surface area contributed by atoms with Gasteiger partial charge in [-0.2, -0.15) is 0 Å². The molecule has 0 atom stereocenters. The lowest BCUT2D eigenvalue weighted by Gasteiger charge is -2.17. The molecule has 0 spiro atoms. The van der Waals surface area contributed by atoms with Crippen molar-refractivity contribution in [3.63, 3.8) is 0 Å². The van der Waals surface area contributed by atoms with E-state index in [0.717, 1.165) is 43.5 Å². The second kappa shape index (κ2) is 12.8. The van der Waals surface area contributed by atoms with Gasteiger partial charge >= 0.3 is 5.97 Å². The number of carbonyl (C=O) groups is 1. The Morgan fingerprint density at radius 2 is 1.47 bits per heavy atom. The Balaban J connectivity index is 1.64. The molecule has 0 bridgehead atoms. The number of anilines is 3. The van der Waals surface area contributed by atoms with Crippen molar-refractivity contribution in [1.82, 2.24) is 0 Å². The molecule has 4 heteroatoms. The van der Waals surface area contributed by atoms with Crippen LogP contribution in [0.2, 0.25) is 0 Å². The maximum absolute atomic E-state index is 11.4. The van der Waals surface area contributed by atoms with Crippen LogP contribution in [0.25, 0.3) is 0 Å². The fourth-order valence-corrected chi connectivity index (χ4v) is 4.48. The number of hydrogen-bond acceptors (Lipinski definition) is 3. The van der Waals surface area contributed by atoms with Crippen molar-refractivity contribution >= 4 is 23.0 Å². The van der Waals surface area contributed by atoms with E-state index in [4.69, 9.17) is 5.73 Å². The summed E-state index contributed by atoms with van der Waals surface area (Å²) in [4.78, 5) is 11.4. The number of nitrogen functional groups attached to an aromatic ring is 1. The van der Waals surface area contributed by atoms with Crippen LogP contribution in [0.4, 0.5) is 17.1 Å². The van der Waals surface area contributed by atoms with Gasteiger partial charge in [0.05, 0.1) is 11.3 Å². The van der Waals surface area contributed by atoms with E-state index in [1.807, 2.05) is 18.2 Å². The van der Waals surface area contributed by atoms with Gasteiger partial charge < -0.3 is 16.2 Å². The van der Waals surface area contributed by atoms with Gasteiger partial charge in [0, 0.05) is 11.4 Å². The summed E-state index contributed by atoms with van der Waals surface area (Å²) in [6.07, 6.45) is 10.1. The zero-order valence-corrected chi connectivity index (χ0v) is 20.6. The number of unbranched alkanes of at least 4 members (excludes halogenated alkanes) is 2. The van der Waals surface area contributed by atoms with E-state index in [1.54, 1.807) is 18.2 Å². The first-order valence-electron chi connectivity index (χ1n) is 12.6. The Morgan fingerprint density at radius 3 is 2.15 bits per heavy atom. The first-order chi connectivity index (χ1) is 16.5. The van der Waals surface area contributed by atoms with Gasteiger partial charge in [0.1, 0.15) is 0 Å². The van der Waals surface area contributed by atoms with Crippen molar-refractivity contribution in [3.05, 3.63) is 88.5 Å². The molecule has 0 aliphatic rings. The third kappa shape index (κ3) is 6.86. The lowest BCUT2D eigenvalue weighted by atomic mass is 9.89. The number of nitrogens with one attached hydrogen (secondary N) is 1. The van der Waals surface area contributed by atoms with E-state index in [1.165, 1.54) is 47.9 Å². The van der Waals surface area contributed by atoms with E-state index in [0.29, 0.717) is 5.69 Å². The van der Waals surface area contributed by atoms with Gasteiger partial charge in [0.15, 0.2) is 0 Å². The molecular formula is C30H38N2O2. The van der Waals surface area contributed by atoms with E-state index in [2.05, 4.69) is 43.4 Å². The maximum Gasteiger partial charge on any atom is 0.337 e. The highest BCUT2D eigenvalue weighted by molar-refractivity contribution is 5.95. The molecule has 0 unspecified atom stereocenters. The van der Waals surface area contributed by atoms with Crippen LogP contribution in [0.15, 0.2) is 60.7 Å². The SMILES string of the molecule is CCCCc1c(N)ccc(CCCc2ccc(Nc3ccccc3C(=O)O)cc2)c1CCCC. The van der Waals surface area contributed by atoms with Crippen LogP contribution < -0.4 is 11.1 Å². The summed E-state index contributed by atoms with van der Waals surface area (Å²) in [7, 11) is 0. The van der Waals surface area contributed by atoms with E-state index in [9.17, 15) is 9.90 Å². The summed E-state index contributed by atoms with van der Waals surface area (Å²) >= 11 is 0. The van der Waals surface area contributed by atoms with Crippen LogP contribution in [0.3, 0.4) is 0 Å². The Labute approximate surface area is 204 Å². The van der Waals surface area contributed by atoms with Crippen molar-refractivity contribution in [2.75, 3.05) is 11.1 Å². The van der Waals surface area contributed by atoms with Gasteiger partial charge in [-0.3, -0.25) is 0 Å². The van der Waals surface area contributed by atoms with E-state index < -0.39 is 5.97 Å². The zero-order chi connectivity index (χ0) is 24.3. The highest BCUT2D eigenvalue weighted by Crippen LogP contribution is 2.27. The van der Waals surface area contributed by atoms with Crippen LogP contribution in [-0.4, -0.2) is 11.1 Å². The van der Waals surface area contributed by atoms with Gasteiger partial charge in [-0.25, -0.2) is 4.79 Å². The Bertz CT molecular complexity index is 1070. The standard InChI is InChI=1S/C30H38N2O2/c1-3-5-12-25-23(18-21-28(31)26(25)13-6-4-2)11-9-10-22-16-19-24(20-17-22)32-29-15-8-7-14-27(29)30(33)34/h7-8,14-21,32H,3-6,9-13,31H2,1-2H3,(H,33,34). The minimum absolute atomic E-state index is 0.271. The Hall–Kier alpha value is -3.27. The number of benzene rings is 3. The molecule has 0 saturated heterocycles. The minimum Gasteiger partial charge on any atom is -0.478 e. The molecule has 0 aliphatic carbocycles. The first kappa shape index (κ1) is 25.4. The second-order valence-electron chi connectivity index (χ2n) is 9.00. The molecule has 0 aromatic heterocycles. The number of hydrogen-bond donors (Lipinski definition) is 3. The van der Waals surface area contributed by atoms with Crippen molar-refractivity contribution in [3.8, 4) is 0 Å². The highest BCUT2D eigenvalue weighted by atomic mass is 16.4. The van der Waals surface area contributed by atoms with Gasteiger partial charge in [0.2, 0.25) is 0 Å². The number of para-hydroxylation sites is 1. The number of carboxylic acid groups (broad SMARTS) is 1. The molecule has 34 heavy (non-hydrogen) atoms. The monoisotopic (exact) mass is 458 g/mol. The summed E-state index contributed by atoms with van der Waals surface area (Å²) in [5.41, 5.74) is 14.7. The van der Waals surface area contributed by atoms with E-state index >= 15 is 0 Å². The average molecular weight is 459 g/mol. The first-order valence-corrected chi connectivity index (χ1v) is 12.6. The van der Waals surface area contributed by atoms with Crippen LogP contribution in [0, 0.1) is 0 Å². The number of rotatable bonds is 13. The molecule has 0 heterocycles. The van der Waals surface area contributed by atoms with Gasteiger partial charge in [0.25, 0.3) is 0 Å². The quantitative estimate of drug-likeness (QED) is 0.231. The molecule has 180 valence electrons. The molecule has 0 radical (unpaired) electrons. The van der Waals surface area contributed by atoms with Crippen LogP contribution in [0.5, 0.6) is 0 Å². The molecule has 4 nitrogen and oxygen atoms in total. The number of nitrogens with two attached hydrogens (primary N) is 1. The molecule has 4 N–H and O–H groups in total. The van der Waals surface area contributed by atoms with Gasteiger partial charge in [-0.1, -0.05) is 57.0 Å². The van der Waals surface area contributed by atoms with Crippen molar-refractivity contribution < 1.29 is 9.90 Å². The third-order valence-electron chi connectivity index (χ3n) is 6.43. The zero-order valence-electron chi connectivity index (χ0n) is 20.6. The fourth-order valence-electron chi connectivity index (χ4n) is 4.48. The smallest absolute Gasteiger partial charge is 0.337 e. The molecular weight excluding hydrogens is 420 g/mol. The average Bonchev–Trinajstić information content (AvgIpc) is 2.84. The molecule has 0 saturated carbocycles. The summed E-state index contributed by atoms with van der Waals surface area (Å²) < 4.78 is 0. The third-order valence-corrected chi connectivity index (χ3v) is 6.43. The normalized spacial score (nSPS) is 10.9. The number of carboxylic acids is 1. The summed E-state index contributed by atoms with van der Waals surface area (Å²) in [5, 5.41) is 12.6. The topological polar surface area (TPSA) is 75.3 Å². The predicted octanol–water partition coefficient (Wildman–Crippen LogP) is 7.57. The Kier molecular flexibility index (Phi) is 9.57. The molecule has 3 rings (SSSR count). The van der Waals surface area contributed by atoms with Crippen molar-refractivity contribution in [2.45, 2.75) is 71.6 Å². The van der Waals surface area contributed by atoms with Crippen LogP contribution >= 0.6 is 0 Å². The molecule has 0 aliphatic heterocycles. The largest absolute Gasteiger partial charge is 0.478 e. The summed E-state index contributed by atoms with van der Waals surface area (Å²) in [5.74, 6) is -0.932.